The van der Waals surface area contributed by atoms with Gasteiger partial charge in [0.25, 0.3) is 0 Å². The fourth-order valence-corrected chi connectivity index (χ4v) is 4.17. The molecule has 3 aromatic rings. The number of ether oxygens (including phenoxy) is 3. The van der Waals surface area contributed by atoms with Crippen LogP contribution in [0.4, 0.5) is 0 Å². The highest BCUT2D eigenvalue weighted by molar-refractivity contribution is 5.85. The predicted octanol–water partition coefficient (Wildman–Crippen LogP) is 4.15. The van der Waals surface area contributed by atoms with E-state index in [2.05, 4.69) is 59.5 Å². The molecule has 2 fully saturated rings. The van der Waals surface area contributed by atoms with Crippen molar-refractivity contribution in [3.63, 3.8) is 0 Å². The summed E-state index contributed by atoms with van der Waals surface area (Å²) in [6, 6.07) is 25.3. The van der Waals surface area contributed by atoms with E-state index in [1.165, 1.54) is 16.3 Å². The Balaban J connectivity index is 1.33. The summed E-state index contributed by atoms with van der Waals surface area (Å²) in [5.41, 5.74) is 2.41. The second-order valence-electron chi connectivity index (χ2n) is 7.53. The van der Waals surface area contributed by atoms with Crippen LogP contribution in [0.2, 0.25) is 0 Å². The molecule has 3 aromatic carbocycles. The number of rotatable bonds is 3. The van der Waals surface area contributed by atoms with Crippen molar-refractivity contribution in [2.75, 3.05) is 26.3 Å². The molecule has 0 radical (unpaired) electrons. The first kappa shape index (κ1) is 17.8. The van der Waals surface area contributed by atoms with Crippen LogP contribution in [-0.2, 0) is 20.8 Å². The van der Waals surface area contributed by atoms with E-state index in [1.54, 1.807) is 0 Å². The third-order valence-electron chi connectivity index (χ3n) is 5.65. The summed E-state index contributed by atoms with van der Waals surface area (Å²) in [5.74, 6) is 0. The van der Waals surface area contributed by atoms with Gasteiger partial charge in [0.05, 0.1) is 13.2 Å². The van der Waals surface area contributed by atoms with Crippen LogP contribution >= 0.6 is 0 Å². The van der Waals surface area contributed by atoms with Gasteiger partial charge < -0.3 is 14.2 Å². The Labute approximate surface area is 165 Å². The first-order valence-corrected chi connectivity index (χ1v) is 9.99. The lowest BCUT2D eigenvalue weighted by molar-refractivity contribution is -0.261. The van der Waals surface area contributed by atoms with Gasteiger partial charge in [-0.1, -0.05) is 72.8 Å². The molecule has 28 heavy (non-hydrogen) atoms. The monoisotopic (exact) mass is 375 g/mol. The lowest BCUT2D eigenvalue weighted by Crippen LogP contribution is -2.45. The van der Waals surface area contributed by atoms with E-state index >= 15 is 0 Å². The van der Waals surface area contributed by atoms with Gasteiger partial charge in [-0.3, -0.25) is 4.90 Å². The third-order valence-corrected chi connectivity index (χ3v) is 5.65. The zero-order valence-corrected chi connectivity index (χ0v) is 15.9. The first-order valence-electron chi connectivity index (χ1n) is 9.99. The molecule has 4 nitrogen and oxygen atoms in total. The van der Waals surface area contributed by atoms with Crippen LogP contribution < -0.4 is 0 Å². The molecule has 0 N–H and O–H groups in total. The first-order chi connectivity index (χ1) is 13.9. The maximum Gasteiger partial charge on any atom is 0.184 e. The maximum atomic E-state index is 6.32. The van der Waals surface area contributed by atoms with E-state index in [1.807, 2.05) is 18.2 Å². The Morgan fingerprint density at radius 2 is 1.64 bits per heavy atom. The average molecular weight is 375 g/mol. The normalized spacial score (nSPS) is 25.9. The average Bonchev–Trinajstić information content (AvgIpc) is 2.96. The summed E-state index contributed by atoms with van der Waals surface area (Å²) in [7, 11) is 0. The summed E-state index contributed by atoms with van der Waals surface area (Å²) >= 11 is 0. The van der Waals surface area contributed by atoms with Gasteiger partial charge >= 0.3 is 0 Å². The molecule has 0 bridgehead atoms. The minimum atomic E-state index is -0.316. The Morgan fingerprint density at radius 1 is 0.821 bits per heavy atom. The fourth-order valence-electron chi connectivity index (χ4n) is 4.17. The zero-order chi connectivity index (χ0) is 18.8. The standard InChI is InChI=1S/C24H25NO3/c1-2-8-19(9-3-1)24-27-17-23-22(28-24)16-25(13-14-26-23)15-20-11-6-10-18-7-4-5-12-21(18)20/h1-12,22-24H,13-17H2/t22-,23+,24+/m0/s1. The van der Waals surface area contributed by atoms with Gasteiger partial charge in [0.1, 0.15) is 12.2 Å². The molecular weight excluding hydrogens is 350 g/mol. The molecule has 0 unspecified atom stereocenters. The maximum absolute atomic E-state index is 6.32. The van der Waals surface area contributed by atoms with Gasteiger partial charge in [-0.25, -0.2) is 0 Å². The highest BCUT2D eigenvalue weighted by Crippen LogP contribution is 2.30. The molecule has 0 aliphatic carbocycles. The summed E-state index contributed by atoms with van der Waals surface area (Å²) in [5, 5.41) is 2.61. The Bertz CT molecular complexity index is 924. The summed E-state index contributed by atoms with van der Waals surface area (Å²) < 4.78 is 18.3. The lowest BCUT2D eigenvalue weighted by atomic mass is 10.0. The topological polar surface area (TPSA) is 30.9 Å². The lowest BCUT2D eigenvalue weighted by Gasteiger charge is -2.36. The summed E-state index contributed by atoms with van der Waals surface area (Å²) in [6.07, 6.45) is -0.308. The molecule has 0 saturated carbocycles. The van der Waals surface area contributed by atoms with Gasteiger partial charge in [0.2, 0.25) is 0 Å². The van der Waals surface area contributed by atoms with Crippen LogP contribution in [0.15, 0.2) is 72.8 Å². The largest absolute Gasteiger partial charge is 0.372 e. The van der Waals surface area contributed by atoms with Crippen molar-refractivity contribution in [2.24, 2.45) is 0 Å². The molecular formula is C24H25NO3. The molecule has 4 heteroatoms. The second kappa shape index (κ2) is 8.02. The van der Waals surface area contributed by atoms with Crippen LogP contribution in [0.25, 0.3) is 10.8 Å². The van der Waals surface area contributed by atoms with Crippen molar-refractivity contribution in [2.45, 2.75) is 25.0 Å². The Morgan fingerprint density at radius 3 is 2.57 bits per heavy atom. The quantitative estimate of drug-likeness (QED) is 0.688. The molecule has 5 rings (SSSR count). The van der Waals surface area contributed by atoms with Crippen LogP contribution in [0.3, 0.4) is 0 Å². The number of hydrogen-bond acceptors (Lipinski definition) is 4. The van der Waals surface area contributed by atoms with E-state index in [9.17, 15) is 0 Å². The van der Waals surface area contributed by atoms with Gasteiger partial charge in [-0.05, 0) is 16.3 Å². The van der Waals surface area contributed by atoms with E-state index in [-0.39, 0.29) is 18.5 Å². The van der Waals surface area contributed by atoms with Crippen molar-refractivity contribution >= 4 is 10.8 Å². The molecule has 2 heterocycles. The number of nitrogens with zero attached hydrogens (tertiary/aromatic N) is 1. The minimum absolute atomic E-state index is 0.00233. The van der Waals surface area contributed by atoms with Crippen LogP contribution in [0.5, 0.6) is 0 Å². The van der Waals surface area contributed by atoms with Crippen LogP contribution in [0, 0.1) is 0 Å². The van der Waals surface area contributed by atoms with Crippen LogP contribution in [0.1, 0.15) is 17.4 Å². The molecule has 2 saturated heterocycles. The summed E-state index contributed by atoms with van der Waals surface area (Å²) in [4.78, 5) is 2.44. The SMILES string of the molecule is c1ccc([C@@H]2OC[C@H]3OCCN(Cc4cccc5ccccc45)C[C@@H]3O2)cc1. The zero-order valence-electron chi connectivity index (χ0n) is 15.9. The highest BCUT2D eigenvalue weighted by Gasteiger charge is 2.36. The van der Waals surface area contributed by atoms with Gasteiger partial charge in [-0.2, -0.15) is 0 Å². The van der Waals surface area contributed by atoms with E-state index in [0.29, 0.717) is 13.2 Å². The number of hydrogen-bond donors (Lipinski definition) is 0. The smallest absolute Gasteiger partial charge is 0.184 e. The van der Waals surface area contributed by atoms with E-state index in [0.717, 1.165) is 25.2 Å². The van der Waals surface area contributed by atoms with Gasteiger partial charge in [0, 0.05) is 25.2 Å². The summed E-state index contributed by atoms with van der Waals surface area (Å²) in [6.45, 7) is 3.92. The molecule has 3 atom stereocenters. The molecule has 0 spiro atoms. The highest BCUT2D eigenvalue weighted by atomic mass is 16.7. The predicted molar refractivity (Wildman–Crippen MR) is 109 cm³/mol. The molecule has 2 aliphatic heterocycles. The fraction of sp³-hybridized carbons (Fsp3) is 0.333. The van der Waals surface area contributed by atoms with Crippen molar-refractivity contribution in [3.8, 4) is 0 Å². The van der Waals surface area contributed by atoms with Crippen molar-refractivity contribution < 1.29 is 14.2 Å². The Kier molecular flexibility index (Phi) is 5.10. The van der Waals surface area contributed by atoms with Gasteiger partial charge in [0.15, 0.2) is 6.29 Å². The van der Waals surface area contributed by atoms with Crippen LogP contribution in [-0.4, -0.2) is 43.4 Å². The minimum Gasteiger partial charge on any atom is -0.372 e. The molecule has 0 amide bonds. The van der Waals surface area contributed by atoms with E-state index in [4.69, 9.17) is 14.2 Å². The number of benzene rings is 3. The molecule has 2 aliphatic rings. The molecule has 0 aromatic heterocycles. The van der Waals surface area contributed by atoms with Crippen molar-refractivity contribution in [1.29, 1.82) is 0 Å². The molecule has 144 valence electrons. The van der Waals surface area contributed by atoms with Gasteiger partial charge in [-0.15, -0.1) is 0 Å². The number of fused-ring (bicyclic) bond motifs is 2. The second-order valence-corrected chi connectivity index (χ2v) is 7.53. The Hall–Kier alpha value is -2.24. The van der Waals surface area contributed by atoms with Crippen molar-refractivity contribution in [3.05, 3.63) is 83.9 Å². The third kappa shape index (κ3) is 3.69. The van der Waals surface area contributed by atoms with Crippen molar-refractivity contribution in [1.82, 2.24) is 4.90 Å². The van der Waals surface area contributed by atoms with E-state index < -0.39 is 0 Å².